The molecule has 0 N–H and O–H groups in total. The maximum atomic E-state index is 14.4. The Labute approximate surface area is 146 Å². The maximum Gasteiger partial charge on any atom is 0.573 e. The van der Waals surface area contributed by atoms with Crippen LogP contribution in [0.5, 0.6) is 5.75 Å². The number of benzene rings is 3. The molecule has 1 nitrogen and oxygen atoms in total. The van der Waals surface area contributed by atoms with Gasteiger partial charge in [0, 0.05) is 5.56 Å². The summed E-state index contributed by atoms with van der Waals surface area (Å²) in [5.41, 5.74) is 3.05. The zero-order valence-corrected chi connectivity index (χ0v) is 13.6. The second kappa shape index (κ2) is 6.78. The van der Waals surface area contributed by atoms with Crippen LogP contribution in [0.25, 0.3) is 22.3 Å². The summed E-state index contributed by atoms with van der Waals surface area (Å²) in [7, 11) is 0. The standard InChI is InChI=1S/C20H13F5O/c1-12-2-4-13(5-3-12)14-6-8-15(9-7-14)16-10-11-17(21)19(18(16)22)26-20(23,24)25/h2-11H,1H3. The first-order valence-corrected chi connectivity index (χ1v) is 7.66. The minimum atomic E-state index is -5.18. The molecule has 6 heteroatoms. The number of hydrogen-bond donors (Lipinski definition) is 0. The van der Waals surface area contributed by atoms with Gasteiger partial charge in [-0.3, -0.25) is 0 Å². The molecule has 0 saturated heterocycles. The van der Waals surface area contributed by atoms with Crippen molar-refractivity contribution in [1.82, 2.24) is 0 Å². The molecule has 0 spiro atoms. The molecule has 0 saturated carbocycles. The topological polar surface area (TPSA) is 9.23 Å². The van der Waals surface area contributed by atoms with Crippen molar-refractivity contribution in [2.45, 2.75) is 13.3 Å². The van der Waals surface area contributed by atoms with Crippen LogP contribution < -0.4 is 4.74 Å². The number of hydrogen-bond acceptors (Lipinski definition) is 1. The van der Waals surface area contributed by atoms with E-state index in [-0.39, 0.29) is 5.56 Å². The van der Waals surface area contributed by atoms with Crippen LogP contribution in [0.2, 0.25) is 0 Å². The van der Waals surface area contributed by atoms with Gasteiger partial charge < -0.3 is 4.74 Å². The van der Waals surface area contributed by atoms with Crippen molar-refractivity contribution in [1.29, 1.82) is 0 Å². The van der Waals surface area contributed by atoms with Gasteiger partial charge in [-0.05, 0) is 35.7 Å². The van der Waals surface area contributed by atoms with Gasteiger partial charge in [0.15, 0.2) is 11.6 Å². The Morgan fingerprint density at radius 3 is 1.73 bits per heavy atom. The van der Waals surface area contributed by atoms with Gasteiger partial charge in [0.2, 0.25) is 5.75 Å². The smallest absolute Gasteiger partial charge is 0.399 e. The van der Waals surface area contributed by atoms with Crippen molar-refractivity contribution in [3.05, 3.63) is 77.9 Å². The fourth-order valence-electron chi connectivity index (χ4n) is 2.55. The molecular formula is C20H13F5O. The molecule has 3 aromatic carbocycles. The predicted octanol–water partition coefficient (Wildman–Crippen LogP) is 6.51. The van der Waals surface area contributed by atoms with E-state index in [9.17, 15) is 22.0 Å². The molecule has 0 atom stereocenters. The zero-order valence-electron chi connectivity index (χ0n) is 13.6. The lowest BCUT2D eigenvalue weighted by atomic mass is 9.99. The van der Waals surface area contributed by atoms with Gasteiger partial charge in [0.05, 0.1) is 0 Å². The molecular weight excluding hydrogens is 351 g/mol. The number of alkyl halides is 3. The monoisotopic (exact) mass is 364 g/mol. The summed E-state index contributed by atoms with van der Waals surface area (Å²) in [6.07, 6.45) is -5.18. The van der Waals surface area contributed by atoms with E-state index in [1.54, 1.807) is 24.3 Å². The Morgan fingerprint density at radius 1 is 0.692 bits per heavy atom. The third-order valence-corrected chi connectivity index (χ3v) is 3.85. The number of aryl methyl sites for hydroxylation is 1. The highest BCUT2D eigenvalue weighted by Crippen LogP contribution is 2.35. The molecule has 3 rings (SSSR count). The lowest BCUT2D eigenvalue weighted by Gasteiger charge is -2.13. The van der Waals surface area contributed by atoms with Crippen molar-refractivity contribution in [3.8, 4) is 28.0 Å². The summed E-state index contributed by atoms with van der Waals surface area (Å²) in [6.45, 7) is 1.96. The molecule has 0 aliphatic rings. The number of rotatable bonds is 3. The Balaban J connectivity index is 1.97. The third-order valence-electron chi connectivity index (χ3n) is 3.85. The van der Waals surface area contributed by atoms with Gasteiger partial charge in [-0.25, -0.2) is 8.78 Å². The van der Waals surface area contributed by atoms with Crippen molar-refractivity contribution in [3.63, 3.8) is 0 Å². The molecule has 0 fully saturated rings. The predicted molar refractivity (Wildman–Crippen MR) is 88.7 cm³/mol. The summed E-state index contributed by atoms with van der Waals surface area (Å²) < 4.78 is 68.4. The van der Waals surface area contributed by atoms with E-state index in [4.69, 9.17) is 0 Å². The molecule has 0 radical (unpaired) electrons. The van der Waals surface area contributed by atoms with Gasteiger partial charge in [-0.1, -0.05) is 54.1 Å². The average Bonchev–Trinajstić information content (AvgIpc) is 2.59. The first-order chi connectivity index (χ1) is 12.2. The Kier molecular flexibility index (Phi) is 4.68. The number of halogens is 5. The normalized spacial score (nSPS) is 11.5. The quantitative estimate of drug-likeness (QED) is 0.482. The SMILES string of the molecule is Cc1ccc(-c2ccc(-c3ccc(F)c(OC(F)(F)F)c3F)cc2)cc1. The summed E-state index contributed by atoms with van der Waals surface area (Å²) in [4.78, 5) is 0. The fourth-order valence-corrected chi connectivity index (χ4v) is 2.55. The lowest BCUT2D eigenvalue weighted by Crippen LogP contribution is -2.19. The van der Waals surface area contributed by atoms with Gasteiger partial charge in [0.1, 0.15) is 0 Å². The average molecular weight is 364 g/mol. The van der Waals surface area contributed by atoms with Crippen LogP contribution >= 0.6 is 0 Å². The van der Waals surface area contributed by atoms with E-state index in [0.29, 0.717) is 5.56 Å². The molecule has 0 unspecified atom stereocenters. The molecule has 0 aromatic heterocycles. The van der Waals surface area contributed by atoms with Crippen molar-refractivity contribution >= 4 is 0 Å². The van der Waals surface area contributed by atoms with Crippen molar-refractivity contribution in [2.24, 2.45) is 0 Å². The second-order valence-electron chi connectivity index (χ2n) is 5.73. The van der Waals surface area contributed by atoms with E-state index in [2.05, 4.69) is 4.74 Å². The summed E-state index contributed by atoms with van der Waals surface area (Å²) in [5, 5.41) is 0. The number of ether oxygens (including phenoxy) is 1. The summed E-state index contributed by atoms with van der Waals surface area (Å²) in [5.74, 6) is -4.28. The third kappa shape index (κ3) is 3.85. The van der Waals surface area contributed by atoms with Crippen LogP contribution in [0.3, 0.4) is 0 Å². The Bertz CT molecular complexity index is 913. The minimum Gasteiger partial charge on any atom is -0.399 e. The van der Waals surface area contributed by atoms with Gasteiger partial charge in [-0.2, -0.15) is 0 Å². The van der Waals surface area contributed by atoms with Crippen LogP contribution in [0.1, 0.15) is 5.56 Å². The zero-order chi connectivity index (χ0) is 18.9. The summed E-state index contributed by atoms with van der Waals surface area (Å²) in [6, 6.07) is 16.1. The molecule has 0 heterocycles. The van der Waals surface area contributed by atoms with Crippen molar-refractivity contribution in [2.75, 3.05) is 0 Å². The van der Waals surface area contributed by atoms with Crippen LogP contribution in [0.15, 0.2) is 60.7 Å². The maximum absolute atomic E-state index is 14.4. The van der Waals surface area contributed by atoms with E-state index in [1.807, 2.05) is 31.2 Å². The van der Waals surface area contributed by atoms with Crippen LogP contribution in [0, 0.1) is 18.6 Å². The summed E-state index contributed by atoms with van der Waals surface area (Å²) >= 11 is 0. The second-order valence-corrected chi connectivity index (χ2v) is 5.73. The largest absolute Gasteiger partial charge is 0.573 e. The first-order valence-electron chi connectivity index (χ1n) is 7.66. The van der Waals surface area contributed by atoms with Gasteiger partial charge in [-0.15, -0.1) is 13.2 Å². The van der Waals surface area contributed by atoms with Crippen molar-refractivity contribution < 1.29 is 26.7 Å². The highest BCUT2D eigenvalue weighted by atomic mass is 19.4. The van der Waals surface area contributed by atoms with Gasteiger partial charge >= 0.3 is 6.36 Å². The molecule has 0 bridgehead atoms. The van der Waals surface area contributed by atoms with Crippen LogP contribution in [-0.4, -0.2) is 6.36 Å². The van der Waals surface area contributed by atoms with E-state index in [1.165, 1.54) is 0 Å². The molecule has 3 aromatic rings. The minimum absolute atomic E-state index is 0.180. The van der Waals surface area contributed by atoms with E-state index in [0.717, 1.165) is 28.8 Å². The Morgan fingerprint density at radius 2 is 1.19 bits per heavy atom. The van der Waals surface area contributed by atoms with E-state index < -0.39 is 23.7 Å². The highest BCUT2D eigenvalue weighted by molar-refractivity contribution is 5.71. The first kappa shape index (κ1) is 17.9. The Hall–Kier alpha value is -2.89. The highest BCUT2D eigenvalue weighted by Gasteiger charge is 2.34. The lowest BCUT2D eigenvalue weighted by molar-refractivity contribution is -0.276. The molecule has 26 heavy (non-hydrogen) atoms. The molecule has 134 valence electrons. The van der Waals surface area contributed by atoms with Crippen LogP contribution in [-0.2, 0) is 0 Å². The fraction of sp³-hybridized carbons (Fsp3) is 0.100. The van der Waals surface area contributed by atoms with Crippen LogP contribution in [0.4, 0.5) is 22.0 Å². The van der Waals surface area contributed by atoms with Gasteiger partial charge in [0.25, 0.3) is 0 Å². The van der Waals surface area contributed by atoms with E-state index >= 15 is 0 Å². The molecule has 0 aliphatic heterocycles. The molecule has 0 aliphatic carbocycles. The molecule has 0 amide bonds.